The monoisotopic (exact) mass is 220 g/mol. The molecule has 0 saturated carbocycles. The standard InChI is InChI=1S/C11H17BN2O2/c1-6-14-10(8(2)7-13-14)12-15-9(3)11(4,5)16-12/h7H,3,6H2,1-2,4-5H3. The molecule has 4 nitrogen and oxygen atoms in total. The van der Waals surface area contributed by atoms with Crippen molar-refractivity contribution in [3.8, 4) is 0 Å². The van der Waals surface area contributed by atoms with Crippen LogP contribution in [0.1, 0.15) is 26.3 Å². The summed E-state index contributed by atoms with van der Waals surface area (Å²) in [5.74, 6) is 0.667. The summed E-state index contributed by atoms with van der Waals surface area (Å²) in [6.45, 7) is 12.6. The highest BCUT2D eigenvalue weighted by Crippen LogP contribution is 2.29. The molecule has 5 heteroatoms. The van der Waals surface area contributed by atoms with Gasteiger partial charge in [-0.1, -0.05) is 6.58 Å². The lowest BCUT2D eigenvalue weighted by atomic mass is 9.82. The second-order valence-electron chi connectivity index (χ2n) is 4.53. The average molecular weight is 220 g/mol. The van der Waals surface area contributed by atoms with E-state index in [1.165, 1.54) is 0 Å². The van der Waals surface area contributed by atoms with Crippen LogP contribution >= 0.6 is 0 Å². The van der Waals surface area contributed by atoms with E-state index in [0.29, 0.717) is 5.76 Å². The van der Waals surface area contributed by atoms with Crippen LogP contribution in [-0.4, -0.2) is 22.5 Å². The Kier molecular flexibility index (Phi) is 2.58. The molecule has 0 atom stereocenters. The van der Waals surface area contributed by atoms with Gasteiger partial charge >= 0.3 is 7.12 Å². The Hall–Kier alpha value is -1.23. The molecule has 1 aromatic rings. The quantitative estimate of drug-likeness (QED) is 0.703. The highest BCUT2D eigenvalue weighted by Gasteiger charge is 2.45. The van der Waals surface area contributed by atoms with Gasteiger partial charge in [0.1, 0.15) is 5.60 Å². The predicted octanol–water partition coefficient (Wildman–Crippen LogP) is 1.25. The molecule has 0 spiro atoms. The van der Waals surface area contributed by atoms with E-state index in [1.807, 2.05) is 38.6 Å². The molecule has 0 amide bonds. The van der Waals surface area contributed by atoms with Crippen LogP contribution in [0.4, 0.5) is 0 Å². The van der Waals surface area contributed by atoms with E-state index in [1.54, 1.807) is 0 Å². The van der Waals surface area contributed by atoms with Crippen LogP contribution in [0.5, 0.6) is 0 Å². The van der Waals surface area contributed by atoms with E-state index in [4.69, 9.17) is 9.31 Å². The summed E-state index contributed by atoms with van der Waals surface area (Å²) >= 11 is 0. The molecule has 1 aromatic heterocycles. The summed E-state index contributed by atoms with van der Waals surface area (Å²) in [6.07, 6.45) is 1.83. The average Bonchev–Trinajstić information content (AvgIpc) is 2.68. The molecule has 0 aromatic carbocycles. The van der Waals surface area contributed by atoms with E-state index in [2.05, 4.69) is 11.7 Å². The van der Waals surface area contributed by atoms with E-state index in [0.717, 1.165) is 17.7 Å². The molecule has 2 heterocycles. The van der Waals surface area contributed by atoms with Gasteiger partial charge in [-0.25, -0.2) is 0 Å². The molecule has 1 aliphatic rings. The summed E-state index contributed by atoms with van der Waals surface area (Å²) < 4.78 is 13.4. The number of nitrogens with zero attached hydrogens (tertiary/aromatic N) is 2. The van der Waals surface area contributed by atoms with Gasteiger partial charge < -0.3 is 9.31 Å². The maximum atomic E-state index is 5.85. The largest absolute Gasteiger partial charge is 0.583 e. The van der Waals surface area contributed by atoms with Crippen LogP contribution in [-0.2, 0) is 15.9 Å². The van der Waals surface area contributed by atoms with Crippen LogP contribution in [0.15, 0.2) is 18.5 Å². The van der Waals surface area contributed by atoms with Crippen LogP contribution in [0.2, 0.25) is 0 Å². The van der Waals surface area contributed by atoms with Gasteiger partial charge in [0.15, 0.2) is 0 Å². The fraction of sp³-hybridized carbons (Fsp3) is 0.545. The van der Waals surface area contributed by atoms with Crippen molar-refractivity contribution in [3.05, 3.63) is 24.1 Å². The van der Waals surface area contributed by atoms with E-state index < -0.39 is 5.60 Å². The number of aromatic nitrogens is 2. The maximum absolute atomic E-state index is 5.85. The van der Waals surface area contributed by atoms with Crippen molar-refractivity contribution >= 4 is 12.7 Å². The summed E-state index contributed by atoms with van der Waals surface area (Å²) in [4.78, 5) is 0. The summed E-state index contributed by atoms with van der Waals surface area (Å²) in [7, 11) is -0.384. The van der Waals surface area contributed by atoms with Crippen LogP contribution in [0, 0.1) is 6.92 Å². The predicted molar refractivity (Wildman–Crippen MR) is 63.4 cm³/mol. The van der Waals surface area contributed by atoms with Crippen LogP contribution in [0.3, 0.4) is 0 Å². The first kappa shape index (κ1) is 11.3. The van der Waals surface area contributed by atoms with Gasteiger partial charge in [0.25, 0.3) is 0 Å². The molecule has 1 aliphatic heterocycles. The molecule has 0 bridgehead atoms. The molecular weight excluding hydrogens is 203 g/mol. The molecule has 0 unspecified atom stereocenters. The third-order valence-corrected chi connectivity index (χ3v) is 2.92. The first-order chi connectivity index (χ1) is 7.45. The Bertz CT molecular complexity index is 426. The lowest BCUT2D eigenvalue weighted by Crippen LogP contribution is -2.41. The lowest BCUT2D eigenvalue weighted by Gasteiger charge is -2.15. The second-order valence-corrected chi connectivity index (χ2v) is 4.53. The van der Waals surface area contributed by atoms with Gasteiger partial charge in [0.2, 0.25) is 0 Å². The molecule has 0 aliphatic carbocycles. The third-order valence-electron chi connectivity index (χ3n) is 2.92. The molecule has 1 saturated heterocycles. The van der Waals surface area contributed by atoms with E-state index in [-0.39, 0.29) is 7.12 Å². The van der Waals surface area contributed by atoms with Crippen molar-refractivity contribution in [2.75, 3.05) is 0 Å². The van der Waals surface area contributed by atoms with Crippen molar-refractivity contribution in [2.24, 2.45) is 0 Å². The minimum Gasteiger partial charge on any atom is -0.533 e. The van der Waals surface area contributed by atoms with Crippen LogP contribution < -0.4 is 5.59 Å². The Labute approximate surface area is 96.4 Å². The van der Waals surface area contributed by atoms with Gasteiger partial charge in [0.05, 0.1) is 17.5 Å². The van der Waals surface area contributed by atoms with Gasteiger partial charge in [-0.3, -0.25) is 4.68 Å². The van der Waals surface area contributed by atoms with E-state index in [9.17, 15) is 0 Å². The molecule has 0 N–H and O–H groups in total. The Morgan fingerprint density at radius 2 is 2.25 bits per heavy atom. The fourth-order valence-corrected chi connectivity index (χ4v) is 1.79. The molecule has 0 radical (unpaired) electrons. The smallest absolute Gasteiger partial charge is 0.533 e. The van der Waals surface area contributed by atoms with Crippen molar-refractivity contribution in [1.82, 2.24) is 9.78 Å². The minimum atomic E-state index is -0.431. The first-order valence-corrected chi connectivity index (χ1v) is 5.52. The second kappa shape index (κ2) is 3.66. The fourth-order valence-electron chi connectivity index (χ4n) is 1.79. The topological polar surface area (TPSA) is 36.3 Å². The third kappa shape index (κ3) is 1.65. The zero-order chi connectivity index (χ0) is 11.9. The number of aryl methyl sites for hydroxylation is 2. The van der Waals surface area contributed by atoms with Gasteiger partial charge in [-0.05, 0) is 33.3 Å². The molecule has 86 valence electrons. The normalized spacial score (nSPS) is 19.0. The minimum absolute atomic E-state index is 0.384. The highest BCUT2D eigenvalue weighted by molar-refractivity contribution is 6.62. The zero-order valence-electron chi connectivity index (χ0n) is 10.3. The molecular formula is C11H17BN2O2. The molecule has 1 fully saturated rings. The number of hydrogen-bond donors (Lipinski definition) is 0. The summed E-state index contributed by atoms with van der Waals surface area (Å²) in [5, 5.41) is 4.28. The molecule has 2 rings (SSSR count). The lowest BCUT2D eigenvalue weighted by molar-refractivity contribution is 0.172. The van der Waals surface area contributed by atoms with Crippen molar-refractivity contribution < 1.29 is 9.31 Å². The Balaban J connectivity index is 2.33. The highest BCUT2D eigenvalue weighted by atomic mass is 16.7. The maximum Gasteiger partial charge on any atom is 0.583 e. The number of hydrogen-bond acceptors (Lipinski definition) is 3. The number of rotatable bonds is 2. The van der Waals surface area contributed by atoms with Crippen molar-refractivity contribution in [1.29, 1.82) is 0 Å². The van der Waals surface area contributed by atoms with Crippen molar-refractivity contribution in [3.63, 3.8) is 0 Å². The SMILES string of the molecule is C=C1OB(c2c(C)cnn2CC)OC1(C)C. The van der Waals surface area contributed by atoms with Gasteiger partial charge in [0, 0.05) is 6.54 Å². The van der Waals surface area contributed by atoms with E-state index >= 15 is 0 Å². The van der Waals surface area contributed by atoms with Gasteiger partial charge in [-0.2, -0.15) is 5.10 Å². The Morgan fingerprint density at radius 3 is 2.75 bits per heavy atom. The summed E-state index contributed by atoms with van der Waals surface area (Å²) in [6, 6.07) is 0. The first-order valence-electron chi connectivity index (χ1n) is 5.52. The van der Waals surface area contributed by atoms with Gasteiger partial charge in [-0.15, -0.1) is 0 Å². The molecule has 16 heavy (non-hydrogen) atoms. The van der Waals surface area contributed by atoms with Crippen molar-refractivity contribution in [2.45, 2.75) is 39.8 Å². The summed E-state index contributed by atoms with van der Waals surface area (Å²) in [5.41, 5.74) is 1.63. The van der Waals surface area contributed by atoms with Crippen LogP contribution in [0.25, 0.3) is 0 Å². The Morgan fingerprint density at radius 1 is 1.56 bits per heavy atom. The zero-order valence-corrected chi connectivity index (χ0v) is 10.3.